The van der Waals surface area contributed by atoms with Crippen molar-refractivity contribution in [3.05, 3.63) is 30.1 Å². The molecular formula is C18H26N4O2S. The lowest BCUT2D eigenvalue weighted by Crippen LogP contribution is -2.53. The summed E-state index contributed by atoms with van der Waals surface area (Å²) in [5.41, 5.74) is -0.373. The van der Waals surface area contributed by atoms with E-state index in [0.717, 1.165) is 31.7 Å². The average Bonchev–Trinajstić information content (AvgIpc) is 2.88. The molecule has 1 aromatic rings. The largest absolute Gasteiger partial charge is 0.325 e. The number of piperidine rings is 1. The first-order valence-corrected chi connectivity index (χ1v) is 9.98. The fraction of sp³-hybridized carbons (Fsp3) is 0.611. The quantitative estimate of drug-likeness (QED) is 0.757. The van der Waals surface area contributed by atoms with Crippen LogP contribution >= 0.6 is 11.8 Å². The Kier molecular flexibility index (Phi) is 5.64. The first-order chi connectivity index (χ1) is 12.1. The first kappa shape index (κ1) is 18.2. The number of nitrogens with one attached hydrogen (secondary N) is 2. The minimum Gasteiger partial charge on any atom is -0.318 e. The maximum absolute atomic E-state index is 13.4. The zero-order valence-electron chi connectivity index (χ0n) is 14.8. The molecule has 2 aliphatic heterocycles. The molecule has 0 aliphatic carbocycles. The number of rotatable bonds is 6. The van der Waals surface area contributed by atoms with Gasteiger partial charge in [0.05, 0.1) is 5.69 Å². The van der Waals surface area contributed by atoms with E-state index in [-0.39, 0.29) is 17.9 Å². The summed E-state index contributed by atoms with van der Waals surface area (Å²) in [4.78, 5) is 31.8. The molecule has 2 fully saturated rings. The van der Waals surface area contributed by atoms with Gasteiger partial charge < -0.3 is 10.6 Å². The summed E-state index contributed by atoms with van der Waals surface area (Å²) < 4.78 is 0. The van der Waals surface area contributed by atoms with Crippen LogP contribution in [0.15, 0.2) is 24.4 Å². The molecule has 3 heterocycles. The molecule has 25 heavy (non-hydrogen) atoms. The van der Waals surface area contributed by atoms with E-state index in [0.29, 0.717) is 17.5 Å². The second-order valence-electron chi connectivity index (χ2n) is 6.85. The molecule has 3 amide bonds. The highest BCUT2D eigenvalue weighted by atomic mass is 32.2. The monoisotopic (exact) mass is 362 g/mol. The van der Waals surface area contributed by atoms with Crippen LogP contribution in [0.1, 0.15) is 32.4 Å². The molecule has 0 unspecified atom stereocenters. The Morgan fingerprint density at radius 1 is 1.32 bits per heavy atom. The molecule has 0 aromatic carbocycles. The predicted octanol–water partition coefficient (Wildman–Crippen LogP) is 1.97. The van der Waals surface area contributed by atoms with E-state index in [2.05, 4.69) is 29.5 Å². The smallest absolute Gasteiger partial charge is 0.318 e. The van der Waals surface area contributed by atoms with Crippen LogP contribution in [0.2, 0.25) is 0 Å². The third-order valence-corrected chi connectivity index (χ3v) is 6.00. The molecule has 136 valence electrons. The minimum atomic E-state index is -1.02. The van der Waals surface area contributed by atoms with Gasteiger partial charge in [-0.2, -0.15) is 11.8 Å². The van der Waals surface area contributed by atoms with Crippen molar-refractivity contribution in [3.8, 4) is 0 Å². The Bertz CT molecular complexity index is 619. The summed E-state index contributed by atoms with van der Waals surface area (Å²) >= 11 is 1.75. The van der Waals surface area contributed by atoms with E-state index in [9.17, 15) is 9.59 Å². The fourth-order valence-corrected chi connectivity index (χ4v) is 4.45. The molecular weight excluding hydrogens is 336 g/mol. The molecule has 0 saturated carbocycles. The molecule has 0 spiro atoms. The van der Waals surface area contributed by atoms with Gasteiger partial charge in [-0.1, -0.05) is 19.9 Å². The summed E-state index contributed by atoms with van der Waals surface area (Å²) in [6.45, 7) is 6.37. The van der Waals surface area contributed by atoms with Crippen LogP contribution in [-0.4, -0.2) is 52.5 Å². The van der Waals surface area contributed by atoms with Crippen molar-refractivity contribution in [1.29, 1.82) is 0 Å². The van der Waals surface area contributed by atoms with E-state index >= 15 is 0 Å². The van der Waals surface area contributed by atoms with Gasteiger partial charge >= 0.3 is 6.03 Å². The zero-order chi connectivity index (χ0) is 17.9. The first-order valence-electron chi connectivity index (χ1n) is 8.93. The van der Waals surface area contributed by atoms with E-state index in [1.165, 1.54) is 4.90 Å². The van der Waals surface area contributed by atoms with Gasteiger partial charge in [0.1, 0.15) is 0 Å². The van der Waals surface area contributed by atoms with Crippen molar-refractivity contribution >= 4 is 23.7 Å². The van der Waals surface area contributed by atoms with Crippen LogP contribution in [0.5, 0.6) is 0 Å². The number of hydrogen-bond acceptors (Lipinski definition) is 5. The summed E-state index contributed by atoms with van der Waals surface area (Å²) in [5, 5.41) is 6.84. The lowest BCUT2D eigenvalue weighted by molar-refractivity contribution is -0.134. The number of thioether (sulfide) groups is 1. The predicted molar refractivity (Wildman–Crippen MR) is 99.3 cm³/mol. The third kappa shape index (κ3) is 3.53. The molecule has 2 saturated heterocycles. The summed E-state index contributed by atoms with van der Waals surface area (Å²) in [7, 11) is 0. The summed E-state index contributed by atoms with van der Waals surface area (Å²) in [6, 6.07) is 5.27. The third-order valence-electron chi connectivity index (χ3n) is 4.92. The van der Waals surface area contributed by atoms with Gasteiger partial charge in [-0.3, -0.25) is 14.7 Å². The standard InChI is InChI=1S/C18H26N4O2S/c1-13(2)25-12-11-22-16(23)18(21-17(22)24,14-6-9-19-10-7-14)15-5-3-4-8-20-15/h3-5,8,13-14,19H,6-7,9-12H2,1-2H3,(H,21,24)/t18-/m0/s1. The SMILES string of the molecule is CC(C)SCCN1C(=O)N[C@](c2ccccn2)(C2CCNCC2)C1=O. The number of aromatic nitrogens is 1. The topological polar surface area (TPSA) is 74.3 Å². The second-order valence-corrected chi connectivity index (χ2v) is 8.54. The van der Waals surface area contributed by atoms with Crippen LogP contribution in [0.25, 0.3) is 0 Å². The Morgan fingerprint density at radius 2 is 2.08 bits per heavy atom. The van der Waals surface area contributed by atoms with Gasteiger partial charge in [0.25, 0.3) is 5.91 Å². The normalized spacial score (nSPS) is 24.8. The maximum atomic E-state index is 13.4. The highest BCUT2D eigenvalue weighted by molar-refractivity contribution is 7.99. The molecule has 2 aliphatic rings. The number of pyridine rings is 1. The number of nitrogens with zero attached hydrogens (tertiary/aromatic N) is 2. The van der Waals surface area contributed by atoms with E-state index in [1.807, 2.05) is 18.2 Å². The maximum Gasteiger partial charge on any atom is 0.325 e. The molecule has 1 atom stereocenters. The molecule has 0 bridgehead atoms. The van der Waals surface area contributed by atoms with Gasteiger partial charge in [-0.25, -0.2) is 4.79 Å². The second kappa shape index (κ2) is 7.74. The van der Waals surface area contributed by atoms with Crippen molar-refractivity contribution in [2.24, 2.45) is 5.92 Å². The van der Waals surface area contributed by atoms with Crippen LogP contribution in [0, 0.1) is 5.92 Å². The van der Waals surface area contributed by atoms with Crippen molar-refractivity contribution < 1.29 is 9.59 Å². The lowest BCUT2D eigenvalue weighted by atomic mass is 9.75. The number of urea groups is 1. The highest BCUT2D eigenvalue weighted by Gasteiger charge is 2.57. The van der Waals surface area contributed by atoms with Crippen LogP contribution < -0.4 is 10.6 Å². The van der Waals surface area contributed by atoms with Crippen molar-refractivity contribution in [1.82, 2.24) is 20.5 Å². The minimum absolute atomic E-state index is 0.0582. The molecule has 1 aromatic heterocycles. The summed E-state index contributed by atoms with van der Waals surface area (Å²) in [6.07, 6.45) is 3.38. The Hall–Kier alpha value is -1.60. The van der Waals surface area contributed by atoms with Gasteiger partial charge in [0.2, 0.25) is 0 Å². The summed E-state index contributed by atoms with van der Waals surface area (Å²) in [5.74, 6) is 0.664. The molecule has 6 nitrogen and oxygen atoms in total. The molecule has 3 rings (SSSR count). The Morgan fingerprint density at radius 3 is 2.72 bits per heavy atom. The Labute approximate surface area is 153 Å². The van der Waals surface area contributed by atoms with Gasteiger partial charge in [-0.15, -0.1) is 0 Å². The van der Waals surface area contributed by atoms with Crippen LogP contribution in [-0.2, 0) is 10.3 Å². The number of carbonyl (C=O) groups is 2. The number of hydrogen-bond donors (Lipinski definition) is 2. The Balaban J connectivity index is 1.90. The van der Waals surface area contributed by atoms with Crippen molar-refractivity contribution in [2.75, 3.05) is 25.4 Å². The van der Waals surface area contributed by atoms with Crippen molar-refractivity contribution in [3.63, 3.8) is 0 Å². The van der Waals surface area contributed by atoms with Gasteiger partial charge in [0.15, 0.2) is 5.54 Å². The zero-order valence-corrected chi connectivity index (χ0v) is 15.6. The molecule has 7 heteroatoms. The number of amides is 3. The van der Waals surface area contributed by atoms with Gasteiger partial charge in [-0.05, 0) is 49.2 Å². The lowest BCUT2D eigenvalue weighted by Gasteiger charge is -2.37. The van der Waals surface area contributed by atoms with Crippen LogP contribution in [0.3, 0.4) is 0 Å². The van der Waals surface area contributed by atoms with Gasteiger partial charge in [0, 0.05) is 18.5 Å². The highest BCUT2D eigenvalue weighted by Crippen LogP contribution is 2.39. The number of carbonyl (C=O) groups excluding carboxylic acids is 2. The molecule has 2 N–H and O–H groups in total. The fourth-order valence-electron chi connectivity index (χ4n) is 3.69. The van der Waals surface area contributed by atoms with E-state index in [4.69, 9.17) is 0 Å². The van der Waals surface area contributed by atoms with Crippen molar-refractivity contribution in [2.45, 2.75) is 37.5 Å². The average molecular weight is 362 g/mol. The van der Waals surface area contributed by atoms with Crippen LogP contribution in [0.4, 0.5) is 4.79 Å². The van der Waals surface area contributed by atoms with E-state index in [1.54, 1.807) is 18.0 Å². The van der Waals surface area contributed by atoms with E-state index < -0.39 is 5.54 Å². The number of imide groups is 1. The molecule has 0 radical (unpaired) electrons.